The summed E-state index contributed by atoms with van der Waals surface area (Å²) >= 11 is 0. The molecule has 0 radical (unpaired) electrons. The minimum absolute atomic E-state index is 0.409. The lowest BCUT2D eigenvalue weighted by molar-refractivity contribution is -0.157. The molecule has 1 aromatic carbocycles. The van der Waals surface area contributed by atoms with Crippen molar-refractivity contribution < 1.29 is 9.53 Å². The molecule has 0 aromatic heterocycles. The van der Waals surface area contributed by atoms with Crippen molar-refractivity contribution in [3.8, 4) is 12.1 Å². The highest BCUT2D eigenvalue weighted by Gasteiger charge is 2.72. The predicted molar refractivity (Wildman–Crippen MR) is 72.2 cm³/mol. The summed E-state index contributed by atoms with van der Waals surface area (Å²) in [5, 5.41) is 18.7. The van der Waals surface area contributed by atoms with E-state index in [0.717, 1.165) is 5.56 Å². The molecule has 1 saturated carbocycles. The molecular formula is C16H16N2O2. The first kappa shape index (κ1) is 14.1. The molecule has 2 rings (SSSR count). The van der Waals surface area contributed by atoms with Gasteiger partial charge in [-0.3, -0.25) is 4.79 Å². The molecule has 0 saturated heterocycles. The molecule has 0 aliphatic heterocycles. The fraction of sp³-hybridized carbons (Fsp3) is 0.438. The minimum Gasteiger partial charge on any atom is -0.460 e. The number of carbonyl (C=O) groups is 1. The quantitative estimate of drug-likeness (QED) is 0.773. The topological polar surface area (TPSA) is 73.9 Å². The smallest absolute Gasteiger partial charge is 0.312 e. The zero-order chi connectivity index (χ0) is 15.0. The highest BCUT2D eigenvalue weighted by molar-refractivity contribution is 5.83. The molecule has 4 heteroatoms. The first-order valence-electron chi connectivity index (χ1n) is 6.46. The molecule has 0 heterocycles. The van der Waals surface area contributed by atoms with Crippen LogP contribution in [-0.2, 0) is 9.53 Å². The fourth-order valence-corrected chi connectivity index (χ4v) is 2.49. The van der Waals surface area contributed by atoms with Crippen LogP contribution in [0, 0.1) is 34.0 Å². The van der Waals surface area contributed by atoms with Crippen LogP contribution in [0.5, 0.6) is 0 Å². The van der Waals surface area contributed by atoms with Crippen LogP contribution < -0.4 is 0 Å². The monoisotopic (exact) mass is 268 g/mol. The number of esters is 1. The van der Waals surface area contributed by atoms with Gasteiger partial charge in [-0.15, -0.1) is 0 Å². The Bertz CT molecular complexity index is 588. The molecule has 102 valence electrons. The van der Waals surface area contributed by atoms with Gasteiger partial charge in [0.1, 0.15) is 5.60 Å². The van der Waals surface area contributed by atoms with Gasteiger partial charge >= 0.3 is 5.97 Å². The predicted octanol–water partition coefficient (Wildman–Crippen LogP) is 2.78. The second-order valence-corrected chi connectivity index (χ2v) is 5.99. The van der Waals surface area contributed by atoms with E-state index in [2.05, 4.69) is 0 Å². The van der Waals surface area contributed by atoms with Crippen LogP contribution in [0.15, 0.2) is 30.3 Å². The maximum atomic E-state index is 12.2. The number of hydrogen-bond donors (Lipinski definition) is 0. The number of hydrogen-bond acceptors (Lipinski definition) is 4. The normalized spacial score (nSPS) is 23.2. The highest BCUT2D eigenvalue weighted by atomic mass is 16.6. The van der Waals surface area contributed by atoms with Gasteiger partial charge < -0.3 is 4.74 Å². The van der Waals surface area contributed by atoms with E-state index in [1.54, 1.807) is 20.8 Å². The van der Waals surface area contributed by atoms with Crippen molar-refractivity contribution in [2.75, 3.05) is 0 Å². The molecule has 0 amide bonds. The number of benzene rings is 1. The second-order valence-electron chi connectivity index (χ2n) is 5.99. The molecule has 1 aromatic rings. The van der Waals surface area contributed by atoms with E-state index < -0.39 is 28.8 Å². The first-order chi connectivity index (χ1) is 9.35. The van der Waals surface area contributed by atoms with E-state index in [1.807, 2.05) is 42.5 Å². The lowest BCUT2D eigenvalue weighted by Gasteiger charge is -2.19. The van der Waals surface area contributed by atoms with Crippen molar-refractivity contribution in [2.45, 2.75) is 32.3 Å². The van der Waals surface area contributed by atoms with Gasteiger partial charge in [0.25, 0.3) is 0 Å². The van der Waals surface area contributed by atoms with Crippen LogP contribution >= 0.6 is 0 Å². The molecule has 20 heavy (non-hydrogen) atoms. The number of rotatable bonds is 2. The fourth-order valence-electron chi connectivity index (χ4n) is 2.49. The number of ether oxygens (including phenoxy) is 1. The summed E-state index contributed by atoms with van der Waals surface area (Å²) in [4.78, 5) is 12.2. The van der Waals surface area contributed by atoms with Gasteiger partial charge in [-0.05, 0) is 26.3 Å². The first-order valence-corrected chi connectivity index (χ1v) is 6.46. The van der Waals surface area contributed by atoms with Crippen LogP contribution in [0.4, 0.5) is 0 Å². The van der Waals surface area contributed by atoms with E-state index in [9.17, 15) is 15.3 Å². The number of carbonyl (C=O) groups excluding carboxylic acids is 1. The molecule has 1 aliphatic rings. The van der Waals surface area contributed by atoms with Crippen LogP contribution in [0.2, 0.25) is 0 Å². The Morgan fingerprint density at radius 1 is 1.20 bits per heavy atom. The van der Waals surface area contributed by atoms with E-state index in [-0.39, 0.29) is 0 Å². The third kappa shape index (κ3) is 2.26. The third-order valence-electron chi connectivity index (χ3n) is 3.39. The highest BCUT2D eigenvalue weighted by Crippen LogP contribution is 2.64. The lowest BCUT2D eigenvalue weighted by Crippen LogP contribution is -2.26. The van der Waals surface area contributed by atoms with Crippen molar-refractivity contribution in [3.05, 3.63) is 35.9 Å². The zero-order valence-corrected chi connectivity index (χ0v) is 11.8. The Kier molecular flexibility index (Phi) is 3.28. The summed E-state index contributed by atoms with van der Waals surface area (Å²) < 4.78 is 5.33. The van der Waals surface area contributed by atoms with Crippen molar-refractivity contribution in [3.63, 3.8) is 0 Å². The van der Waals surface area contributed by atoms with Crippen molar-refractivity contribution in [1.29, 1.82) is 10.5 Å². The summed E-state index contributed by atoms with van der Waals surface area (Å²) in [6, 6.07) is 13.2. The average molecular weight is 268 g/mol. The van der Waals surface area contributed by atoms with E-state index in [4.69, 9.17) is 4.74 Å². The number of nitriles is 2. The average Bonchev–Trinajstić information content (AvgIpc) is 3.07. The molecule has 1 fully saturated rings. The van der Waals surface area contributed by atoms with Gasteiger partial charge in [-0.1, -0.05) is 30.3 Å². The second kappa shape index (κ2) is 4.65. The Morgan fingerprint density at radius 3 is 2.20 bits per heavy atom. The minimum atomic E-state index is -1.30. The SMILES string of the molecule is CC(C)(C)OC(=O)[C@H]1[C@H](c2ccccc2)C1(C#N)C#N. The lowest BCUT2D eigenvalue weighted by atomic mass is 10.0. The Labute approximate surface area is 118 Å². The molecular weight excluding hydrogens is 252 g/mol. The van der Waals surface area contributed by atoms with Gasteiger partial charge in [0.05, 0.1) is 18.1 Å². The Hall–Kier alpha value is -2.33. The Balaban J connectivity index is 2.32. The van der Waals surface area contributed by atoms with Crippen molar-refractivity contribution in [1.82, 2.24) is 0 Å². The van der Waals surface area contributed by atoms with E-state index >= 15 is 0 Å². The molecule has 1 aliphatic carbocycles. The molecule has 0 unspecified atom stereocenters. The number of nitrogens with zero attached hydrogens (tertiary/aromatic N) is 2. The summed E-state index contributed by atoms with van der Waals surface area (Å²) in [7, 11) is 0. The third-order valence-corrected chi connectivity index (χ3v) is 3.39. The summed E-state index contributed by atoms with van der Waals surface area (Å²) in [6.07, 6.45) is 0. The Morgan fingerprint density at radius 2 is 1.75 bits per heavy atom. The zero-order valence-electron chi connectivity index (χ0n) is 11.8. The summed E-state index contributed by atoms with van der Waals surface area (Å²) in [5.41, 5.74) is -1.10. The van der Waals surface area contributed by atoms with Crippen LogP contribution in [0.3, 0.4) is 0 Å². The van der Waals surface area contributed by atoms with Crippen molar-refractivity contribution >= 4 is 5.97 Å². The molecule has 0 spiro atoms. The molecule has 0 bridgehead atoms. The largest absolute Gasteiger partial charge is 0.460 e. The van der Waals surface area contributed by atoms with Crippen LogP contribution in [0.25, 0.3) is 0 Å². The van der Waals surface area contributed by atoms with Crippen LogP contribution in [-0.4, -0.2) is 11.6 Å². The molecule has 2 atom stereocenters. The molecule has 0 N–H and O–H groups in total. The van der Waals surface area contributed by atoms with Crippen molar-refractivity contribution in [2.24, 2.45) is 11.3 Å². The van der Waals surface area contributed by atoms with E-state index in [1.165, 1.54) is 0 Å². The summed E-state index contributed by atoms with van der Waals surface area (Å²) in [6.45, 7) is 5.31. The maximum absolute atomic E-state index is 12.2. The maximum Gasteiger partial charge on any atom is 0.312 e. The van der Waals surface area contributed by atoms with Gasteiger partial charge in [0, 0.05) is 5.92 Å². The summed E-state index contributed by atoms with van der Waals surface area (Å²) in [5.74, 6) is -1.60. The van der Waals surface area contributed by atoms with Gasteiger partial charge in [0.2, 0.25) is 0 Å². The van der Waals surface area contributed by atoms with Gasteiger partial charge in [-0.25, -0.2) is 0 Å². The van der Waals surface area contributed by atoms with Gasteiger partial charge in [0.15, 0.2) is 5.41 Å². The van der Waals surface area contributed by atoms with Gasteiger partial charge in [-0.2, -0.15) is 10.5 Å². The van der Waals surface area contributed by atoms with E-state index in [0.29, 0.717) is 0 Å². The molecule has 4 nitrogen and oxygen atoms in total. The standard InChI is InChI=1S/C16H16N2O2/c1-15(2,3)20-14(19)13-12(16(13,9-17)10-18)11-7-5-4-6-8-11/h4-8,12-13H,1-3H3/t12-,13+/m0/s1. The van der Waals surface area contributed by atoms with Crippen LogP contribution in [0.1, 0.15) is 32.3 Å².